The highest BCUT2D eigenvalue weighted by molar-refractivity contribution is 5.95. The number of nitrogens with one attached hydrogen (secondary N) is 1. The molecule has 1 N–H and O–H groups in total. The summed E-state index contributed by atoms with van der Waals surface area (Å²) in [5, 5.41) is 2.90. The second-order valence-corrected chi connectivity index (χ2v) is 5.07. The number of amides is 1. The molecule has 2 rings (SSSR count). The summed E-state index contributed by atoms with van der Waals surface area (Å²) >= 11 is 0. The number of aryl methyl sites for hydroxylation is 1. The topological polar surface area (TPSA) is 29.1 Å². The van der Waals surface area contributed by atoms with Crippen molar-refractivity contribution in [3.63, 3.8) is 0 Å². The minimum atomic E-state index is -0.304. The SMILES string of the molecule is Cc1cc(F)ccc1C(=O)NCCC1=CCCCC1. The molecule has 19 heavy (non-hydrogen) atoms. The normalized spacial score (nSPS) is 14.9. The van der Waals surface area contributed by atoms with Gasteiger partial charge in [0, 0.05) is 12.1 Å². The minimum absolute atomic E-state index is 0.117. The van der Waals surface area contributed by atoms with Gasteiger partial charge in [0.05, 0.1) is 0 Å². The highest BCUT2D eigenvalue weighted by Gasteiger charge is 2.09. The third-order valence-corrected chi connectivity index (χ3v) is 3.55. The number of rotatable bonds is 4. The zero-order valence-electron chi connectivity index (χ0n) is 11.3. The summed E-state index contributed by atoms with van der Waals surface area (Å²) in [5.74, 6) is -0.421. The van der Waals surface area contributed by atoms with Crippen LogP contribution in [0.3, 0.4) is 0 Å². The summed E-state index contributed by atoms with van der Waals surface area (Å²) in [6.07, 6.45) is 8.08. The molecule has 0 heterocycles. The van der Waals surface area contributed by atoms with E-state index in [2.05, 4.69) is 11.4 Å². The van der Waals surface area contributed by atoms with Crippen molar-refractivity contribution in [3.05, 3.63) is 46.8 Å². The molecule has 0 radical (unpaired) electrons. The van der Waals surface area contributed by atoms with Gasteiger partial charge in [0.15, 0.2) is 0 Å². The number of benzene rings is 1. The smallest absolute Gasteiger partial charge is 0.251 e. The highest BCUT2D eigenvalue weighted by atomic mass is 19.1. The Kier molecular flexibility index (Phi) is 4.72. The van der Waals surface area contributed by atoms with Gasteiger partial charge in [-0.05, 0) is 62.8 Å². The molecule has 3 heteroatoms. The summed E-state index contributed by atoms with van der Waals surface area (Å²) in [6, 6.07) is 4.25. The zero-order chi connectivity index (χ0) is 13.7. The molecule has 0 saturated carbocycles. The zero-order valence-corrected chi connectivity index (χ0v) is 11.3. The van der Waals surface area contributed by atoms with E-state index >= 15 is 0 Å². The van der Waals surface area contributed by atoms with Crippen LogP contribution in [-0.2, 0) is 0 Å². The van der Waals surface area contributed by atoms with Crippen LogP contribution < -0.4 is 5.32 Å². The van der Waals surface area contributed by atoms with Gasteiger partial charge in [-0.1, -0.05) is 11.6 Å². The number of allylic oxidation sites excluding steroid dienone is 1. The first-order valence-electron chi connectivity index (χ1n) is 6.89. The number of carbonyl (C=O) groups excluding carboxylic acids is 1. The van der Waals surface area contributed by atoms with Crippen LogP contribution >= 0.6 is 0 Å². The molecule has 0 bridgehead atoms. The monoisotopic (exact) mass is 261 g/mol. The van der Waals surface area contributed by atoms with Crippen molar-refractivity contribution in [2.24, 2.45) is 0 Å². The largest absolute Gasteiger partial charge is 0.352 e. The maximum atomic E-state index is 13.0. The molecule has 0 spiro atoms. The molecule has 0 atom stereocenters. The molecule has 0 aliphatic heterocycles. The Morgan fingerprint density at radius 3 is 2.89 bits per heavy atom. The first kappa shape index (κ1) is 13.8. The van der Waals surface area contributed by atoms with Crippen LogP contribution in [0.25, 0.3) is 0 Å². The van der Waals surface area contributed by atoms with Crippen molar-refractivity contribution in [1.82, 2.24) is 5.32 Å². The Morgan fingerprint density at radius 1 is 1.37 bits per heavy atom. The van der Waals surface area contributed by atoms with E-state index in [4.69, 9.17) is 0 Å². The van der Waals surface area contributed by atoms with Crippen molar-refractivity contribution in [3.8, 4) is 0 Å². The second kappa shape index (κ2) is 6.50. The molecule has 1 amide bonds. The molecular formula is C16H20FNO. The van der Waals surface area contributed by atoms with Crippen molar-refractivity contribution >= 4 is 5.91 Å². The lowest BCUT2D eigenvalue weighted by Gasteiger charge is -2.13. The van der Waals surface area contributed by atoms with Gasteiger partial charge in [-0.3, -0.25) is 4.79 Å². The lowest BCUT2D eigenvalue weighted by atomic mass is 9.97. The van der Waals surface area contributed by atoms with E-state index < -0.39 is 0 Å². The van der Waals surface area contributed by atoms with Crippen molar-refractivity contribution in [2.45, 2.75) is 39.0 Å². The van der Waals surface area contributed by atoms with E-state index in [-0.39, 0.29) is 11.7 Å². The third-order valence-electron chi connectivity index (χ3n) is 3.55. The predicted octanol–water partition coefficient (Wildman–Crippen LogP) is 3.75. The molecule has 1 aromatic carbocycles. The van der Waals surface area contributed by atoms with Gasteiger partial charge in [0.1, 0.15) is 5.82 Å². The minimum Gasteiger partial charge on any atom is -0.352 e. The molecule has 1 aromatic rings. The van der Waals surface area contributed by atoms with Crippen LogP contribution in [0, 0.1) is 12.7 Å². The van der Waals surface area contributed by atoms with E-state index in [0.29, 0.717) is 17.7 Å². The molecular weight excluding hydrogens is 241 g/mol. The van der Waals surface area contributed by atoms with Crippen LogP contribution in [0.15, 0.2) is 29.8 Å². The van der Waals surface area contributed by atoms with Gasteiger partial charge in [-0.2, -0.15) is 0 Å². The van der Waals surface area contributed by atoms with E-state index in [1.165, 1.54) is 37.0 Å². The van der Waals surface area contributed by atoms with Crippen molar-refractivity contribution < 1.29 is 9.18 Å². The summed E-state index contributed by atoms with van der Waals surface area (Å²) in [5.41, 5.74) is 2.68. The maximum absolute atomic E-state index is 13.0. The van der Waals surface area contributed by atoms with Gasteiger partial charge >= 0.3 is 0 Å². The Bertz CT molecular complexity index is 494. The third kappa shape index (κ3) is 3.91. The highest BCUT2D eigenvalue weighted by Crippen LogP contribution is 2.19. The molecule has 1 aliphatic carbocycles. The van der Waals surface area contributed by atoms with Crippen molar-refractivity contribution in [1.29, 1.82) is 0 Å². The lowest BCUT2D eigenvalue weighted by molar-refractivity contribution is 0.0953. The fraction of sp³-hybridized carbons (Fsp3) is 0.438. The first-order valence-corrected chi connectivity index (χ1v) is 6.89. The van der Waals surface area contributed by atoms with E-state index in [1.807, 2.05) is 0 Å². The van der Waals surface area contributed by atoms with Gasteiger partial charge in [-0.15, -0.1) is 0 Å². The van der Waals surface area contributed by atoms with Crippen LogP contribution in [-0.4, -0.2) is 12.5 Å². The van der Waals surface area contributed by atoms with Crippen LogP contribution in [0.2, 0.25) is 0 Å². The summed E-state index contributed by atoms with van der Waals surface area (Å²) in [4.78, 5) is 12.0. The Balaban J connectivity index is 1.85. The Labute approximate surface area is 113 Å². The van der Waals surface area contributed by atoms with Gasteiger partial charge in [-0.25, -0.2) is 4.39 Å². The number of hydrogen-bond donors (Lipinski definition) is 1. The number of hydrogen-bond acceptors (Lipinski definition) is 1. The molecule has 0 fully saturated rings. The molecule has 1 aliphatic rings. The van der Waals surface area contributed by atoms with Gasteiger partial charge in [0.2, 0.25) is 0 Å². The molecule has 0 aromatic heterocycles. The molecule has 0 unspecified atom stereocenters. The van der Waals surface area contributed by atoms with Crippen LogP contribution in [0.5, 0.6) is 0 Å². The standard InChI is InChI=1S/C16H20FNO/c1-12-11-14(17)7-8-15(12)16(19)18-10-9-13-5-3-2-4-6-13/h5,7-8,11H,2-4,6,9-10H2,1H3,(H,18,19). The number of halogens is 1. The van der Waals surface area contributed by atoms with Gasteiger partial charge < -0.3 is 5.32 Å². The van der Waals surface area contributed by atoms with Crippen molar-refractivity contribution in [2.75, 3.05) is 6.54 Å². The molecule has 102 valence electrons. The lowest BCUT2D eigenvalue weighted by Crippen LogP contribution is -2.25. The average Bonchev–Trinajstić information content (AvgIpc) is 2.39. The second-order valence-electron chi connectivity index (χ2n) is 5.07. The predicted molar refractivity (Wildman–Crippen MR) is 74.6 cm³/mol. The summed E-state index contributed by atoms with van der Waals surface area (Å²) in [7, 11) is 0. The van der Waals surface area contributed by atoms with Crippen LogP contribution in [0.1, 0.15) is 48.0 Å². The van der Waals surface area contributed by atoms with E-state index in [1.54, 1.807) is 13.0 Å². The van der Waals surface area contributed by atoms with Crippen LogP contribution in [0.4, 0.5) is 4.39 Å². The maximum Gasteiger partial charge on any atom is 0.251 e. The molecule has 0 saturated heterocycles. The fourth-order valence-corrected chi connectivity index (χ4v) is 2.45. The summed E-state index contributed by atoms with van der Waals surface area (Å²) in [6.45, 7) is 2.41. The average molecular weight is 261 g/mol. The Hall–Kier alpha value is -1.64. The van der Waals surface area contributed by atoms with Gasteiger partial charge in [0.25, 0.3) is 5.91 Å². The fourth-order valence-electron chi connectivity index (χ4n) is 2.45. The quantitative estimate of drug-likeness (QED) is 0.822. The Morgan fingerprint density at radius 2 is 2.21 bits per heavy atom. The first-order chi connectivity index (χ1) is 9.16. The summed E-state index contributed by atoms with van der Waals surface area (Å²) < 4.78 is 13.0. The van der Waals surface area contributed by atoms with E-state index in [0.717, 1.165) is 12.8 Å². The van der Waals surface area contributed by atoms with E-state index in [9.17, 15) is 9.18 Å². The molecule has 2 nitrogen and oxygen atoms in total. The number of carbonyl (C=O) groups is 1.